The van der Waals surface area contributed by atoms with Crippen molar-refractivity contribution in [3.05, 3.63) is 0 Å². The summed E-state index contributed by atoms with van der Waals surface area (Å²) in [4.78, 5) is 14.4. The van der Waals surface area contributed by atoms with E-state index < -0.39 is 64.4 Å². The number of hydrogen-bond acceptors (Lipinski definition) is 9. The Bertz CT molecular complexity index is 887. The number of esters is 1. The van der Waals surface area contributed by atoms with E-state index in [9.17, 15) is 25.2 Å². The second-order valence-corrected chi connectivity index (χ2v) is 12.0. The molecule has 0 aromatic rings. The lowest BCUT2D eigenvalue weighted by Gasteiger charge is -2.69. The number of fused-ring (bicyclic) bond motifs is 2. The van der Waals surface area contributed by atoms with Gasteiger partial charge in [-0.05, 0) is 31.7 Å². The number of aliphatic hydroxyl groups is 4. The number of methoxy groups -OCH3 is 2. The molecule has 7 bridgehead atoms. The Balaban J connectivity index is 1.66. The predicted octanol–water partition coefficient (Wildman–Crippen LogP) is -0.466. The Hall–Kier alpha value is -0.810. The summed E-state index contributed by atoms with van der Waals surface area (Å²) < 4.78 is 17.8. The normalized spacial score (nSPS) is 59.2. The molecule has 1 saturated heterocycles. The smallest absolute Gasteiger partial charge is 0.302 e. The zero-order chi connectivity index (χ0) is 24.4. The third-order valence-electron chi connectivity index (χ3n) is 11.4. The Morgan fingerprint density at radius 1 is 1.21 bits per heavy atom. The molecule has 1 heterocycles. The molecule has 1 spiro atoms. The number of aliphatic hydroxyl groups excluding tert-OH is 2. The third kappa shape index (κ3) is 2.22. The lowest BCUT2D eigenvalue weighted by atomic mass is 9.42. The molecular formula is C25H39NO8. The molecule has 34 heavy (non-hydrogen) atoms. The highest BCUT2D eigenvalue weighted by atomic mass is 16.6. The van der Waals surface area contributed by atoms with Crippen LogP contribution in [0.15, 0.2) is 0 Å². The second-order valence-electron chi connectivity index (χ2n) is 12.0. The quantitative estimate of drug-likeness (QED) is 0.385. The maximum Gasteiger partial charge on any atom is 0.302 e. The first-order chi connectivity index (χ1) is 16.1. The van der Waals surface area contributed by atoms with Gasteiger partial charge in [-0.1, -0.05) is 6.92 Å². The Morgan fingerprint density at radius 2 is 1.94 bits per heavy atom. The van der Waals surface area contributed by atoms with Crippen molar-refractivity contribution in [3.8, 4) is 0 Å². The molecule has 192 valence electrons. The summed E-state index contributed by atoms with van der Waals surface area (Å²) in [6, 6.07) is -0.534. The Kier molecular flexibility index (Phi) is 4.96. The number of likely N-dealkylation sites (tertiary alicyclic amines) is 1. The minimum atomic E-state index is -1.73. The van der Waals surface area contributed by atoms with Crippen LogP contribution in [-0.2, 0) is 19.0 Å². The SMILES string of the molecule is CCN1C[C@]2(CO)CC[C@H](O)[C@@]34[C@@H]5C[C@H]6[C@H](OC(C)=O)[C@@H]5[C@](O)(C[C@@H]6OC)[C@](O)([C@@H](OC)[C@H]23)[C@@H]14. The van der Waals surface area contributed by atoms with E-state index >= 15 is 0 Å². The molecule has 6 fully saturated rings. The number of carbonyl (C=O) groups excluding carboxylic acids is 1. The topological polar surface area (TPSA) is 129 Å². The van der Waals surface area contributed by atoms with Crippen LogP contribution in [0, 0.1) is 34.5 Å². The van der Waals surface area contributed by atoms with Crippen LogP contribution in [0.25, 0.3) is 0 Å². The van der Waals surface area contributed by atoms with Crippen molar-refractivity contribution in [2.24, 2.45) is 34.5 Å². The third-order valence-corrected chi connectivity index (χ3v) is 11.4. The van der Waals surface area contributed by atoms with Gasteiger partial charge in [-0.25, -0.2) is 0 Å². The lowest BCUT2D eigenvalue weighted by Crippen LogP contribution is -2.82. The highest BCUT2D eigenvalue weighted by Gasteiger charge is 2.91. The summed E-state index contributed by atoms with van der Waals surface area (Å²) >= 11 is 0. The molecule has 9 nitrogen and oxygen atoms in total. The van der Waals surface area contributed by atoms with Gasteiger partial charge in [-0.3, -0.25) is 9.69 Å². The van der Waals surface area contributed by atoms with Crippen LogP contribution in [0.4, 0.5) is 0 Å². The molecule has 0 unspecified atom stereocenters. The minimum Gasteiger partial charge on any atom is -0.462 e. The first-order valence-corrected chi connectivity index (χ1v) is 12.8. The van der Waals surface area contributed by atoms with Crippen molar-refractivity contribution in [1.82, 2.24) is 4.90 Å². The number of hydrogen-bond donors (Lipinski definition) is 4. The van der Waals surface area contributed by atoms with E-state index in [1.165, 1.54) is 6.92 Å². The van der Waals surface area contributed by atoms with E-state index in [1.807, 2.05) is 6.92 Å². The molecule has 4 N–H and O–H groups in total. The number of nitrogens with zero attached hydrogens (tertiary/aromatic N) is 1. The molecular weight excluding hydrogens is 442 g/mol. The Morgan fingerprint density at radius 3 is 2.53 bits per heavy atom. The molecule has 6 aliphatic rings. The monoisotopic (exact) mass is 481 g/mol. The van der Waals surface area contributed by atoms with E-state index in [0.29, 0.717) is 32.4 Å². The number of piperidine rings is 1. The molecule has 9 heteroatoms. The fourth-order valence-corrected chi connectivity index (χ4v) is 10.7. The van der Waals surface area contributed by atoms with Crippen molar-refractivity contribution in [3.63, 3.8) is 0 Å². The molecule has 0 amide bonds. The van der Waals surface area contributed by atoms with Gasteiger partial charge in [0.1, 0.15) is 17.3 Å². The highest BCUT2D eigenvalue weighted by molar-refractivity contribution is 5.66. The summed E-state index contributed by atoms with van der Waals surface area (Å²) in [5.74, 6) is -1.63. The highest BCUT2D eigenvalue weighted by Crippen LogP contribution is 2.80. The van der Waals surface area contributed by atoms with Crippen LogP contribution in [0.5, 0.6) is 0 Å². The van der Waals surface area contributed by atoms with Crippen molar-refractivity contribution in [1.29, 1.82) is 0 Å². The summed E-state index contributed by atoms with van der Waals surface area (Å²) in [5.41, 5.74) is -4.71. The Labute approximate surface area is 200 Å². The van der Waals surface area contributed by atoms with Gasteiger partial charge in [0, 0.05) is 62.7 Å². The van der Waals surface area contributed by atoms with E-state index in [1.54, 1.807) is 14.2 Å². The van der Waals surface area contributed by atoms with Gasteiger partial charge < -0.3 is 34.6 Å². The molecule has 1 aliphatic heterocycles. The molecule has 0 aromatic heterocycles. The first kappa shape index (κ1) is 23.6. The van der Waals surface area contributed by atoms with Crippen molar-refractivity contribution in [2.45, 2.75) is 81.2 Å². The van der Waals surface area contributed by atoms with E-state index in [4.69, 9.17) is 14.2 Å². The standard InChI is InChI=1S/C25H39NO8/c1-5-26-10-22(11-27)7-6-16(29)24-14-8-13-15(32-3)9-23(30,17(14)18(13)34-12(2)28)25(31,21(24)26)20(33-4)19(22)24/h13-21,27,29-31H,5-11H2,1-4H3/t13-,14-,15+,16+,17-,18+,19-,20+,21+,22+,23-,24+,25+/m1/s1. The van der Waals surface area contributed by atoms with E-state index in [0.717, 1.165) is 0 Å². The van der Waals surface area contributed by atoms with Gasteiger partial charge in [0.2, 0.25) is 0 Å². The molecule has 6 rings (SSSR count). The number of carbonyl (C=O) groups is 1. The zero-order valence-corrected chi connectivity index (χ0v) is 20.5. The van der Waals surface area contributed by atoms with Crippen LogP contribution >= 0.6 is 0 Å². The van der Waals surface area contributed by atoms with Gasteiger partial charge in [-0.15, -0.1) is 0 Å². The van der Waals surface area contributed by atoms with Crippen molar-refractivity contribution < 1.29 is 39.4 Å². The number of ether oxygens (including phenoxy) is 3. The van der Waals surface area contributed by atoms with Crippen LogP contribution in [0.1, 0.15) is 39.5 Å². The first-order valence-electron chi connectivity index (χ1n) is 12.8. The largest absolute Gasteiger partial charge is 0.462 e. The summed E-state index contributed by atoms with van der Waals surface area (Å²) in [6.07, 6.45) is -0.527. The van der Waals surface area contributed by atoms with Crippen LogP contribution in [0.3, 0.4) is 0 Å². The number of rotatable bonds is 5. The van der Waals surface area contributed by atoms with Gasteiger partial charge in [0.05, 0.1) is 31.0 Å². The van der Waals surface area contributed by atoms with Gasteiger partial charge in [0.15, 0.2) is 0 Å². The zero-order valence-electron chi connectivity index (χ0n) is 20.5. The molecule has 13 atom stereocenters. The maximum absolute atomic E-state index is 12.9. The van der Waals surface area contributed by atoms with Crippen LogP contribution in [0.2, 0.25) is 0 Å². The summed E-state index contributed by atoms with van der Waals surface area (Å²) in [7, 11) is 3.15. The summed E-state index contributed by atoms with van der Waals surface area (Å²) in [5, 5.41) is 48.2. The average Bonchev–Trinajstić information content (AvgIpc) is 3.20. The molecule has 0 aromatic carbocycles. The fraction of sp³-hybridized carbons (Fsp3) is 0.960. The molecule has 0 radical (unpaired) electrons. The van der Waals surface area contributed by atoms with Gasteiger partial charge >= 0.3 is 5.97 Å². The van der Waals surface area contributed by atoms with Crippen LogP contribution in [-0.4, -0.2) is 107 Å². The van der Waals surface area contributed by atoms with E-state index in [2.05, 4.69) is 4.90 Å². The van der Waals surface area contributed by atoms with Gasteiger partial charge in [0.25, 0.3) is 0 Å². The van der Waals surface area contributed by atoms with Crippen molar-refractivity contribution in [2.75, 3.05) is 33.9 Å². The molecule has 5 aliphatic carbocycles. The van der Waals surface area contributed by atoms with Crippen molar-refractivity contribution >= 4 is 5.97 Å². The number of likely N-dealkylation sites (N-methyl/N-ethyl adjacent to an activating group) is 1. The van der Waals surface area contributed by atoms with Gasteiger partial charge in [-0.2, -0.15) is 0 Å². The second kappa shape index (κ2) is 7.15. The fourth-order valence-electron chi connectivity index (χ4n) is 10.7. The maximum atomic E-state index is 12.9. The summed E-state index contributed by atoms with van der Waals surface area (Å²) in [6.45, 7) is 4.53. The van der Waals surface area contributed by atoms with Crippen LogP contribution < -0.4 is 0 Å². The average molecular weight is 482 g/mol. The van der Waals surface area contributed by atoms with E-state index in [-0.39, 0.29) is 30.8 Å². The predicted molar refractivity (Wildman–Crippen MR) is 118 cm³/mol. The molecule has 5 saturated carbocycles. The minimum absolute atomic E-state index is 0.0708. The lowest BCUT2D eigenvalue weighted by molar-refractivity contribution is -0.317.